The van der Waals surface area contributed by atoms with Crippen LogP contribution < -0.4 is 11.3 Å². The van der Waals surface area contributed by atoms with Crippen LogP contribution in [0.5, 0.6) is 0 Å². The van der Waals surface area contributed by atoms with Gasteiger partial charge >= 0.3 is 0 Å². The molecule has 0 unspecified atom stereocenters. The Bertz CT molecular complexity index is 532. The maximum atomic E-state index is 12.8. The topological polar surface area (TPSA) is 97.5 Å². The molecule has 0 aliphatic heterocycles. The highest BCUT2D eigenvalue weighted by molar-refractivity contribution is 7.89. The number of nitrogens with one attached hydrogen (secondary N) is 1. The molecule has 0 amide bonds. The normalized spacial score (nSPS) is 12.1. The predicted octanol–water partition coefficient (Wildman–Crippen LogP) is 1.19. The van der Waals surface area contributed by atoms with Gasteiger partial charge in [0.2, 0.25) is 10.0 Å². The summed E-state index contributed by atoms with van der Waals surface area (Å²) >= 11 is 0. The highest BCUT2D eigenvalue weighted by Crippen LogP contribution is 2.22. The lowest BCUT2D eigenvalue weighted by Gasteiger charge is -2.29. The van der Waals surface area contributed by atoms with Crippen LogP contribution in [0.4, 0.5) is 5.82 Å². The minimum Gasteiger partial charge on any atom is -0.383 e. The standard InChI is InChI=1S/C13H24N4O3S/c1-4-11(5-2)17(8-9-20-3)21(18,19)12-6-7-15-13(10-12)16-14/h6-7,10-11H,4-5,8-9,14H2,1-3H3,(H,15,16). The van der Waals surface area contributed by atoms with Crippen molar-refractivity contribution in [3.8, 4) is 0 Å². The van der Waals surface area contributed by atoms with Crippen molar-refractivity contribution < 1.29 is 13.2 Å². The van der Waals surface area contributed by atoms with Gasteiger partial charge in [-0.1, -0.05) is 13.8 Å². The molecule has 0 aromatic carbocycles. The molecule has 0 spiro atoms. The first kappa shape index (κ1) is 17.8. The molecule has 1 aromatic rings. The third kappa shape index (κ3) is 4.37. The minimum absolute atomic E-state index is 0.0624. The van der Waals surface area contributed by atoms with Crippen molar-refractivity contribution in [2.45, 2.75) is 37.6 Å². The largest absolute Gasteiger partial charge is 0.383 e. The lowest BCUT2D eigenvalue weighted by atomic mass is 10.2. The van der Waals surface area contributed by atoms with Crippen LogP contribution in [-0.2, 0) is 14.8 Å². The predicted molar refractivity (Wildman–Crippen MR) is 82.2 cm³/mol. The molecule has 1 aromatic heterocycles. The molecule has 1 heterocycles. The first-order valence-corrected chi connectivity index (χ1v) is 8.38. The number of nitrogens with two attached hydrogens (primary N) is 1. The van der Waals surface area contributed by atoms with Crippen LogP contribution in [0, 0.1) is 0 Å². The zero-order chi connectivity index (χ0) is 15.9. The number of hydrogen-bond donors (Lipinski definition) is 2. The maximum absolute atomic E-state index is 12.8. The van der Waals surface area contributed by atoms with E-state index in [1.54, 1.807) is 7.11 Å². The highest BCUT2D eigenvalue weighted by Gasteiger charge is 2.29. The lowest BCUT2D eigenvalue weighted by Crippen LogP contribution is -2.41. The van der Waals surface area contributed by atoms with Crippen molar-refractivity contribution in [1.29, 1.82) is 0 Å². The van der Waals surface area contributed by atoms with Crippen molar-refractivity contribution >= 4 is 15.8 Å². The number of hydrogen-bond acceptors (Lipinski definition) is 6. The quantitative estimate of drug-likeness (QED) is 0.525. The first-order chi connectivity index (χ1) is 10.0. The molecule has 0 atom stereocenters. The molecular formula is C13H24N4O3S. The molecule has 1 rings (SSSR count). The van der Waals surface area contributed by atoms with Gasteiger partial charge in [-0.25, -0.2) is 19.2 Å². The third-order valence-corrected chi connectivity index (χ3v) is 5.30. The molecule has 120 valence electrons. The van der Waals surface area contributed by atoms with Crippen LogP contribution in [0.2, 0.25) is 0 Å². The summed E-state index contributed by atoms with van der Waals surface area (Å²) in [6, 6.07) is 2.84. The van der Waals surface area contributed by atoms with Crippen molar-refractivity contribution in [3.63, 3.8) is 0 Å². The maximum Gasteiger partial charge on any atom is 0.243 e. The van der Waals surface area contributed by atoms with Crippen molar-refractivity contribution in [3.05, 3.63) is 18.3 Å². The molecule has 0 aliphatic carbocycles. The summed E-state index contributed by atoms with van der Waals surface area (Å²) in [6.07, 6.45) is 2.91. The molecule has 7 nitrogen and oxygen atoms in total. The van der Waals surface area contributed by atoms with Crippen LogP contribution >= 0.6 is 0 Å². The molecule has 0 saturated heterocycles. The van der Waals surface area contributed by atoms with Gasteiger partial charge in [0, 0.05) is 32.0 Å². The van der Waals surface area contributed by atoms with Crippen molar-refractivity contribution in [2.24, 2.45) is 5.84 Å². The van der Waals surface area contributed by atoms with E-state index in [-0.39, 0.29) is 10.9 Å². The van der Waals surface area contributed by atoms with Crippen LogP contribution in [0.25, 0.3) is 0 Å². The Labute approximate surface area is 126 Å². The van der Waals surface area contributed by atoms with E-state index < -0.39 is 10.0 Å². The van der Waals surface area contributed by atoms with Gasteiger partial charge in [0.05, 0.1) is 11.5 Å². The Hall–Kier alpha value is -1.22. The van der Waals surface area contributed by atoms with Crippen molar-refractivity contribution in [1.82, 2.24) is 9.29 Å². The monoisotopic (exact) mass is 316 g/mol. The average Bonchev–Trinajstić information content (AvgIpc) is 2.51. The van der Waals surface area contributed by atoms with E-state index >= 15 is 0 Å². The van der Waals surface area contributed by atoms with E-state index in [1.807, 2.05) is 13.8 Å². The number of aromatic nitrogens is 1. The molecule has 21 heavy (non-hydrogen) atoms. The van der Waals surface area contributed by atoms with Crippen LogP contribution in [0.1, 0.15) is 26.7 Å². The summed E-state index contributed by atoms with van der Waals surface area (Å²) in [5, 5.41) is 0. The molecular weight excluding hydrogens is 292 g/mol. The number of rotatable bonds is 9. The van der Waals surface area contributed by atoms with Crippen molar-refractivity contribution in [2.75, 3.05) is 25.7 Å². The Kier molecular flexibility index (Phi) is 7.03. The van der Waals surface area contributed by atoms with Gasteiger partial charge in [-0.2, -0.15) is 4.31 Å². The van der Waals surface area contributed by atoms with Gasteiger partial charge in [0.1, 0.15) is 5.82 Å². The van der Waals surface area contributed by atoms with E-state index in [2.05, 4.69) is 10.4 Å². The van der Waals surface area contributed by atoms with E-state index in [0.29, 0.717) is 19.0 Å². The molecule has 0 fully saturated rings. The first-order valence-electron chi connectivity index (χ1n) is 6.94. The van der Waals surface area contributed by atoms with Crippen LogP contribution in [0.3, 0.4) is 0 Å². The SMILES string of the molecule is CCC(CC)N(CCOC)S(=O)(=O)c1ccnc(NN)c1. The number of nitrogen functional groups attached to an aromatic ring is 1. The number of hydrazine groups is 1. The molecule has 0 saturated carbocycles. The van der Waals surface area contributed by atoms with Gasteiger partial charge in [-0.3, -0.25) is 0 Å². The Morgan fingerprint density at radius 3 is 2.62 bits per heavy atom. The summed E-state index contributed by atoms with van der Waals surface area (Å²) in [5.74, 6) is 5.60. The second-order valence-corrected chi connectivity index (χ2v) is 6.49. The second kappa shape index (κ2) is 8.28. The number of nitrogens with zero attached hydrogens (tertiary/aromatic N) is 2. The van der Waals surface area contributed by atoms with Gasteiger partial charge < -0.3 is 10.2 Å². The van der Waals surface area contributed by atoms with Crippen LogP contribution in [-0.4, -0.2) is 44.0 Å². The molecule has 8 heteroatoms. The van der Waals surface area contributed by atoms with Gasteiger partial charge in [-0.15, -0.1) is 0 Å². The Balaban J connectivity index is 3.18. The zero-order valence-electron chi connectivity index (χ0n) is 12.7. The fraction of sp³-hybridized carbons (Fsp3) is 0.615. The number of pyridine rings is 1. The zero-order valence-corrected chi connectivity index (χ0v) is 13.6. The summed E-state index contributed by atoms with van der Waals surface area (Å²) in [4.78, 5) is 4.11. The fourth-order valence-electron chi connectivity index (χ4n) is 2.16. The van der Waals surface area contributed by atoms with Gasteiger partial charge in [0.15, 0.2) is 0 Å². The van der Waals surface area contributed by atoms with E-state index in [1.165, 1.54) is 22.6 Å². The third-order valence-electron chi connectivity index (χ3n) is 3.35. The van der Waals surface area contributed by atoms with Gasteiger partial charge in [-0.05, 0) is 18.9 Å². The van der Waals surface area contributed by atoms with E-state index in [4.69, 9.17) is 10.6 Å². The number of ether oxygens (including phenoxy) is 1. The fourth-order valence-corrected chi connectivity index (χ4v) is 3.93. The van der Waals surface area contributed by atoms with Gasteiger partial charge in [0.25, 0.3) is 0 Å². The summed E-state index contributed by atoms with van der Waals surface area (Å²) in [7, 11) is -2.06. The molecule has 3 N–H and O–H groups in total. The Morgan fingerprint density at radius 2 is 2.10 bits per heavy atom. The summed E-state index contributed by atoms with van der Waals surface area (Å²) in [6.45, 7) is 4.62. The van der Waals surface area contributed by atoms with Crippen LogP contribution in [0.15, 0.2) is 23.2 Å². The Morgan fingerprint density at radius 1 is 1.43 bits per heavy atom. The lowest BCUT2D eigenvalue weighted by molar-refractivity contribution is 0.163. The average molecular weight is 316 g/mol. The molecule has 0 bridgehead atoms. The van der Waals surface area contributed by atoms with E-state index in [0.717, 1.165) is 12.8 Å². The minimum atomic E-state index is -3.61. The number of sulfonamides is 1. The number of methoxy groups -OCH3 is 1. The summed E-state index contributed by atoms with van der Waals surface area (Å²) in [5.41, 5.74) is 2.36. The highest BCUT2D eigenvalue weighted by atomic mass is 32.2. The molecule has 0 radical (unpaired) electrons. The molecule has 0 aliphatic rings. The second-order valence-electron chi connectivity index (χ2n) is 4.60. The number of anilines is 1. The smallest absolute Gasteiger partial charge is 0.243 e. The summed E-state index contributed by atoms with van der Waals surface area (Å²) < 4.78 is 32.2. The van der Waals surface area contributed by atoms with E-state index in [9.17, 15) is 8.42 Å².